The van der Waals surface area contributed by atoms with Gasteiger partial charge in [-0.2, -0.15) is 0 Å². The molecule has 5 heteroatoms. The number of nitrogens with zero attached hydrogens (tertiary/aromatic N) is 1. The Bertz CT molecular complexity index is 366. The van der Waals surface area contributed by atoms with Crippen molar-refractivity contribution in [2.75, 3.05) is 13.1 Å². The summed E-state index contributed by atoms with van der Waals surface area (Å²) in [6.07, 6.45) is 0.780. The van der Waals surface area contributed by atoms with Crippen LogP contribution < -0.4 is 0 Å². The number of rotatable bonds is 3. The van der Waals surface area contributed by atoms with Gasteiger partial charge in [0.25, 0.3) is 0 Å². The molecule has 2 rings (SSSR count). The van der Waals surface area contributed by atoms with Gasteiger partial charge < -0.3 is 5.11 Å². The van der Waals surface area contributed by atoms with Gasteiger partial charge in [-0.25, -0.2) is 0 Å². The van der Waals surface area contributed by atoms with Crippen LogP contribution in [0.15, 0.2) is 15.9 Å². The van der Waals surface area contributed by atoms with Crippen molar-refractivity contribution >= 4 is 33.2 Å². The van der Waals surface area contributed by atoms with Gasteiger partial charge in [-0.05, 0) is 35.0 Å². The number of aliphatic carboxylic acids is 1. The number of hydrogen-bond donors (Lipinski definition) is 1. The second-order valence-corrected chi connectivity index (χ2v) is 5.70. The van der Waals surface area contributed by atoms with Gasteiger partial charge in [-0.1, -0.05) is 0 Å². The first kappa shape index (κ1) is 11.1. The van der Waals surface area contributed by atoms with E-state index in [9.17, 15) is 4.79 Å². The molecule has 1 aliphatic heterocycles. The number of carboxylic acid groups (broad SMARTS) is 1. The summed E-state index contributed by atoms with van der Waals surface area (Å²) in [5, 5.41) is 10.9. The van der Waals surface area contributed by atoms with E-state index in [1.54, 1.807) is 11.3 Å². The predicted molar refractivity (Wildman–Crippen MR) is 63.0 cm³/mol. The number of carboxylic acids is 1. The third kappa shape index (κ3) is 2.80. The van der Waals surface area contributed by atoms with Gasteiger partial charge in [0.1, 0.15) is 0 Å². The maximum atomic E-state index is 10.8. The van der Waals surface area contributed by atoms with E-state index in [2.05, 4.69) is 32.3 Å². The Kier molecular flexibility index (Phi) is 3.43. The zero-order valence-electron chi connectivity index (χ0n) is 8.15. The molecule has 0 spiro atoms. The fourth-order valence-corrected chi connectivity index (χ4v) is 3.33. The molecule has 0 unspecified atom stereocenters. The van der Waals surface area contributed by atoms with Crippen molar-refractivity contribution < 1.29 is 9.90 Å². The monoisotopic (exact) mass is 289 g/mol. The fourth-order valence-electron chi connectivity index (χ4n) is 1.83. The van der Waals surface area contributed by atoms with Gasteiger partial charge in [0.15, 0.2) is 0 Å². The second kappa shape index (κ2) is 4.63. The smallest absolute Gasteiger partial charge is 0.307 e. The fraction of sp³-hybridized carbons (Fsp3) is 0.500. The van der Waals surface area contributed by atoms with E-state index in [-0.39, 0.29) is 5.92 Å². The third-order valence-corrected chi connectivity index (χ3v) is 4.31. The molecule has 1 saturated heterocycles. The van der Waals surface area contributed by atoms with Gasteiger partial charge >= 0.3 is 5.97 Å². The summed E-state index contributed by atoms with van der Waals surface area (Å²) in [4.78, 5) is 14.3. The van der Waals surface area contributed by atoms with Crippen LogP contribution in [0.2, 0.25) is 0 Å². The Morgan fingerprint density at radius 2 is 2.53 bits per heavy atom. The van der Waals surface area contributed by atoms with Crippen LogP contribution in [-0.2, 0) is 11.3 Å². The number of thiophene rings is 1. The van der Waals surface area contributed by atoms with E-state index in [1.165, 1.54) is 4.88 Å². The highest BCUT2D eigenvalue weighted by atomic mass is 79.9. The molecule has 1 fully saturated rings. The molecule has 0 radical (unpaired) electrons. The Labute approximate surface area is 101 Å². The van der Waals surface area contributed by atoms with Crippen LogP contribution in [0.5, 0.6) is 0 Å². The lowest BCUT2D eigenvalue weighted by atomic mass is 10.1. The Morgan fingerprint density at radius 1 is 1.73 bits per heavy atom. The van der Waals surface area contributed by atoms with Gasteiger partial charge in [0.05, 0.1) is 5.92 Å². The highest BCUT2D eigenvalue weighted by molar-refractivity contribution is 9.10. The zero-order valence-corrected chi connectivity index (χ0v) is 10.6. The molecule has 3 nitrogen and oxygen atoms in total. The van der Waals surface area contributed by atoms with Crippen LogP contribution in [-0.4, -0.2) is 29.1 Å². The van der Waals surface area contributed by atoms with Crippen molar-refractivity contribution in [2.45, 2.75) is 13.0 Å². The minimum atomic E-state index is -0.662. The van der Waals surface area contributed by atoms with Crippen LogP contribution in [0.25, 0.3) is 0 Å². The quantitative estimate of drug-likeness (QED) is 0.929. The van der Waals surface area contributed by atoms with Crippen LogP contribution in [0.1, 0.15) is 11.3 Å². The van der Waals surface area contributed by atoms with E-state index in [4.69, 9.17) is 5.11 Å². The summed E-state index contributed by atoms with van der Waals surface area (Å²) < 4.78 is 1.11. The first-order chi connectivity index (χ1) is 7.15. The molecule has 0 aromatic carbocycles. The van der Waals surface area contributed by atoms with Crippen molar-refractivity contribution in [3.05, 3.63) is 20.8 Å². The Balaban J connectivity index is 1.90. The number of carbonyl (C=O) groups is 1. The van der Waals surface area contributed by atoms with E-state index < -0.39 is 5.97 Å². The van der Waals surface area contributed by atoms with E-state index in [0.717, 1.165) is 24.0 Å². The SMILES string of the molecule is O=C(O)[C@@H]1CCN(Cc2cc(Br)cs2)C1. The first-order valence-corrected chi connectivity index (χ1v) is 6.50. The van der Waals surface area contributed by atoms with E-state index in [0.29, 0.717) is 6.54 Å². The van der Waals surface area contributed by atoms with Gasteiger partial charge in [0.2, 0.25) is 0 Å². The Morgan fingerprint density at radius 3 is 3.07 bits per heavy atom. The number of hydrogen-bond acceptors (Lipinski definition) is 3. The lowest BCUT2D eigenvalue weighted by Gasteiger charge is -2.13. The zero-order chi connectivity index (χ0) is 10.8. The summed E-state index contributed by atoms with van der Waals surface area (Å²) in [5.41, 5.74) is 0. The molecule has 1 aromatic heterocycles. The van der Waals surface area contributed by atoms with Crippen molar-refractivity contribution in [1.29, 1.82) is 0 Å². The molecule has 2 heterocycles. The highest BCUT2D eigenvalue weighted by Crippen LogP contribution is 2.24. The van der Waals surface area contributed by atoms with Gasteiger partial charge in [-0.15, -0.1) is 11.3 Å². The minimum absolute atomic E-state index is 0.173. The van der Waals surface area contributed by atoms with Crippen LogP contribution in [0, 0.1) is 5.92 Å². The maximum Gasteiger partial charge on any atom is 0.307 e. The molecule has 1 N–H and O–H groups in total. The average molecular weight is 290 g/mol. The standard InChI is InChI=1S/C10H12BrNO2S/c11-8-3-9(15-6-8)5-12-2-1-7(4-12)10(13)14/h3,6-7H,1-2,4-5H2,(H,13,14)/t7-/m1/s1. The average Bonchev–Trinajstić information content (AvgIpc) is 2.76. The van der Waals surface area contributed by atoms with Crippen LogP contribution >= 0.6 is 27.3 Å². The molecular formula is C10H12BrNO2S. The molecular weight excluding hydrogens is 278 g/mol. The van der Waals surface area contributed by atoms with Crippen molar-refractivity contribution in [2.24, 2.45) is 5.92 Å². The van der Waals surface area contributed by atoms with Gasteiger partial charge in [-0.3, -0.25) is 9.69 Å². The number of halogens is 1. The lowest BCUT2D eigenvalue weighted by Crippen LogP contribution is -2.22. The normalized spacial score (nSPS) is 22.1. The predicted octanol–water partition coefficient (Wildman–Crippen LogP) is 2.42. The summed E-state index contributed by atoms with van der Waals surface area (Å²) >= 11 is 5.12. The highest BCUT2D eigenvalue weighted by Gasteiger charge is 2.27. The van der Waals surface area contributed by atoms with Gasteiger partial charge in [0, 0.05) is 27.8 Å². The molecule has 1 aliphatic rings. The first-order valence-electron chi connectivity index (χ1n) is 4.83. The van der Waals surface area contributed by atoms with Crippen LogP contribution in [0.4, 0.5) is 0 Å². The number of likely N-dealkylation sites (tertiary alicyclic amines) is 1. The summed E-state index contributed by atoms with van der Waals surface area (Å²) in [5.74, 6) is -0.835. The third-order valence-electron chi connectivity index (χ3n) is 2.62. The summed E-state index contributed by atoms with van der Waals surface area (Å²) in [6.45, 7) is 2.46. The molecule has 82 valence electrons. The van der Waals surface area contributed by atoms with E-state index in [1.807, 2.05) is 0 Å². The Hall–Kier alpha value is -0.390. The molecule has 0 saturated carbocycles. The maximum absolute atomic E-state index is 10.8. The minimum Gasteiger partial charge on any atom is -0.481 e. The second-order valence-electron chi connectivity index (χ2n) is 3.79. The largest absolute Gasteiger partial charge is 0.481 e. The molecule has 1 atom stereocenters. The summed E-state index contributed by atoms with van der Waals surface area (Å²) in [6, 6.07) is 2.10. The topological polar surface area (TPSA) is 40.5 Å². The van der Waals surface area contributed by atoms with Crippen molar-refractivity contribution in [3.63, 3.8) is 0 Å². The van der Waals surface area contributed by atoms with Crippen molar-refractivity contribution in [3.8, 4) is 0 Å². The van der Waals surface area contributed by atoms with E-state index >= 15 is 0 Å². The van der Waals surface area contributed by atoms with Crippen LogP contribution in [0.3, 0.4) is 0 Å². The molecule has 0 aliphatic carbocycles. The molecule has 0 amide bonds. The molecule has 1 aromatic rings. The lowest BCUT2D eigenvalue weighted by molar-refractivity contribution is -0.141. The molecule has 15 heavy (non-hydrogen) atoms. The summed E-state index contributed by atoms with van der Waals surface area (Å²) in [7, 11) is 0. The van der Waals surface area contributed by atoms with Crippen molar-refractivity contribution in [1.82, 2.24) is 4.90 Å². The molecule has 0 bridgehead atoms.